The first-order valence-corrected chi connectivity index (χ1v) is 9.47. The van der Waals surface area contributed by atoms with Crippen LogP contribution in [0.5, 0.6) is 0 Å². The molecule has 2 heterocycles. The molecule has 0 spiro atoms. The number of nitrogens with zero attached hydrogens (tertiary/aromatic N) is 2. The first-order chi connectivity index (χ1) is 13.0. The molecule has 1 aliphatic rings. The Morgan fingerprint density at radius 2 is 1.93 bits per heavy atom. The van der Waals surface area contributed by atoms with Crippen molar-refractivity contribution in [3.63, 3.8) is 0 Å². The maximum Gasteiger partial charge on any atom is 0.319 e. The number of carbonyl (C=O) groups excluding carboxylic acids is 2. The third-order valence-electron chi connectivity index (χ3n) is 4.54. The molecule has 3 rings (SSSR count). The Kier molecular flexibility index (Phi) is 6.53. The molecule has 0 bridgehead atoms. The maximum atomic E-state index is 12.4. The summed E-state index contributed by atoms with van der Waals surface area (Å²) in [6, 6.07) is 8.17. The van der Waals surface area contributed by atoms with Gasteiger partial charge in [-0.05, 0) is 49.1 Å². The smallest absolute Gasteiger partial charge is 0.319 e. The lowest BCUT2D eigenvalue weighted by atomic mass is 9.96. The van der Waals surface area contributed by atoms with E-state index in [-0.39, 0.29) is 11.9 Å². The number of aromatic nitrogens is 1. The number of halogens is 2. The molecule has 1 aromatic carbocycles. The maximum absolute atomic E-state index is 12.4. The van der Waals surface area contributed by atoms with Crippen LogP contribution in [-0.4, -0.2) is 41.5 Å². The molecule has 1 fully saturated rings. The molecule has 0 saturated carbocycles. The van der Waals surface area contributed by atoms with Crippen LogP contribution < -0.4 is 10.6 Å². The number of carbonyl (C=O) groups is 2. The van der Waals surface area contributed by atoms with Crippen molar-refractivity contribution in [2.45, 2.75) is 12.8 Å². The predicted molar refractivity (Wildman–Crippen MR) is 106 cm³/mol. The second-order valence-corrected chi connectivity index (χ2v) is 7.26. The van der Waals surface area contributed by atoms with E-state index in [4.69, 9.17) is 23.2 Å². The third-order valence-corrected chi connectivity index (χ3v) is 5.28. The van der Waals surface area contributed by atoms with Gasteiger partial charge in [0.25, 0.3) is 5.91 Å². The molecule has 1 aromatic heterocycles. The fourth-order valence-corrected chi connectivity index (χ4v) is 3.30. The lowest BCUT2D eigenvalue weighted by Crippen LogP contribution is -2.42. The Balaban J connectivity index is 1.42. The minimum atomic E-state index is -0.290. The van der Waals surface area contributed by atoms with Gasteiger partial charge in [0.1, 0.15) is 0 Å². The minimum Gasteiger partial charge on any atom is -0.339 e. The van der Waals surface area contributed by atoms with Crippen molar-refractivity contribution in [1.82, 2.24) is 15.2 Å². The second kappa shape index (κ2) is 9.06. The van der Waals surface area contributed by atoms with E-state index in [1.54, 1.807) is 42.7 Å². The number of piperidine rings is 1. The zero-order chi connectivity index (χ0) is 19.2. The number of rotatable bonds is 4. The van der Waals surface area contributed by atoms with Crippen molar-refractivity contribution in [1.29, 1.82) is 0 Å². The van der Waals surface area contributed by atoms with E-state index in [9.17, 15) is 9.59 Å². The average Bonchev–Trinajstić information content (AvgIpc) is 2.70. The van der Waals surface area contributed by atoms with Crippen molar-refractivity contribution in [2.24, 2.45) is 5.92 Å². The highest BCUT2D eigenvalue weighted by Crippen LogP contribution is 2.25. The normalized spacial score (nSPS) is 14.7. The highest BCUT2D eigenvalue weighted by Gasteiger charge is 2.24. The van der Waals surface area contributed by atoms with Crippen molar-refractivity contribution in [3.05, 3.63) is 58.3 Å². The number of hydrogen-bond donors (Lipinski definition) is 2. The van der Waals surface area contributed by atoms with E-state index in [1.807, 2.05) is 4.90 Å². The molecule has 0 aliphatic carbocycles. The van der Waals surface area contributed by atoms with Gasteiger partial charge in [0.2, 0.25) is 0 Å². The molecule has 2 N–H and O–H groups in total. The summed E-state index contributed by atoms with van der Waals surface area (Å²) in [7, 11) is 0. The highest BCUT2D eigenvalue weighted by atomic mass is 35.5. The monoisotopic (exact) mass is 406 g/mol. The molecular formula is C19H20Cl2N4O2. The Morgan fingerprint density at radius 1 is 1.15 bits per heavy atom. The Labute approximate surface area is 167 Å². The first kappa shape index (κ1) is 19.5. The van der Waals surface area contributed by atoms with E-state index in [1.165, 1.54) is 0 Å². The average molecular weight is 407 g/mol. The molecule has 0 unspecified atom stereocenters. The van der Waals surface area contributed by atoms with Crippen LogP contribution >= 0.6 is 23.2 Å². The van der Waals surface area contributed by atoms with Gasteiger partial charge in [0, 0.05) is 37.7 Å². The topological polar surface area (TPSA) is 74.3 Å². The van der Waals surface area contributed by atoms with Gasteiger partial charge in [-0.25, -0.2) is 4.79 Å². The summed E-state index contributed by atoms with van der Waals surface area (Å²) in [5.74, 6) is 0.342. The summed E-state index contributed by atoms with van der Waals surface area (Å²) in [5, 5.41) is 6.43. The summed E-state index contributed by atoms with van der Waals surface area (Å²) in [6.07, 6.45) is 4.93. The number of benzene rings is 1. The van der Waals surface area contributed by atoms with Crippen LogP contribution in [0.25, 0.3) is 0 Å². The summed E-state index contributed by atoms with van der Waals surface area (Å²) in [6.45, 7) is 1.91. The number of amides is 3. The number of hydrogen-bond acceptors (Lipinski definition) is 3. The van der Waals surface area contributed by atoms with Crippen LogP contribution in [0, 0.1) is 5.92 Å². The fraction of sp³-hybridized carbons (Fsp3) is 0.316. The van der Waals surface area contributed by atoms with Crippen molar-refractivity contribution in [2.75, 3.05) is 25.0 Å². The largest absolute Gasteiger partial charge is 0.339 e. The molecule has 8 heteroatoms. The third kappa shape index (κ3) is 5.34. The van der Waals surface area contributed by atoms with Crippen molar-refractivity contribution in [3.8, 4) is 0 Å². The fourth-order valence-electron chi connectivity index (χ4n) is 3.00. The Morgan fingerprint density at radius 3 is 2.59 bits per heavy atom. The van der Waals surface area contributed by atoms with Gasteiger partial charge in [0.15, 0.2) is 0 Å². The molecule has 1 saturated heterocycles. The molecule has 142 valence electrons. The lowest BCUT2D eigenvalue weighted by molar-refractivity contribution is 0.0690. The standard InChI is InChI=1S/C19H20Cl2N4O2/c20-16-4-3-15(10-17(16)21)24-19(27)23-11-13-5-8-25(9-6-13)18(26)14-2-1-7-22-12-14/h1-4,7,10,12-13H,5-6,8-9,11H2,(H2,23,24,27). The van der Waals surface area contributed by atoms with Gasteiger partial charge in [-0.2, -0.15) is 0 Å². The van der Waals surface area contributed by atoms with Gasteiger partial charge in [-0.3, -0.25) is 9.78 Å². The number of anilines is 1. The van der Waals surface area contributed by atoms with E-state index < -0.39 is 0 Å². The quantitative estimate of drug-likeness (QED) is 0.803. The van der Waals surface area contributed by atoms with Crippen LogP contribution in [-0.2, 0) is 0 Å². The Hall–Kier alpha value is -2.31. The van der Waals surface area contributed by atoms with Crippen LogP contribution in [0.15, 0.2) is 42.7 Å². The van der Waals surface area contributed by atoms with Crippen LogP contribution in [0.3, 0.4) is 0 Å². The van der Waals surface area contributed by atoms with Crippen molar-refractivity contribution < 1.29 is 9.59 Å². The number of likely N-dealkylation sites (tertiary alicyclic amines) is 1. The Bertz CT molecular complexity index is 809. The minimum absolute atomic E-state index is 0.00636. The second-order valence-electron chi connectivity index (χ2n) is 6.44. The van der Waals surface area contributed by atoms with Crippen molar-refractivity contribution >= 4 is 40.8 Å². The number of urea groups is 1. The van der Waals surface area contributed by atoms with Gasteiger partial charge < -0.3 is 15.5 Å². The zero-order valence-corrected chi connectivity index (χ0v) is 16.1. The SMILES string of the molecule is O=C(NCC1CCN(C(=O)c2cccnc2)CC1)Nc1ccc(Cl)c(Cl)c1. The molecule has 6 nitrogen and oxygen atoms in total. The highest BCUT2D eigenvalue weighted by molar-refractivity contribution is 6.42. The summed E-state index contributed by atoms with van der Waals surface area (Å²) < 4.78 is 0. The summed E-state index contributed by atoms with van der Waals surface area (Å²) >= 11 is 11.8. The first-order valence-electron chi connectivity index (χ1n) is 8.72. The van der Waals surface area contributed by atoms with E-state index in [2.05, 4.69) is 15.6 Å². The zero-order valence-electron chi connectivity index (χ0n) is 14.6. The summed E-state index contributed by atoms with van der Waals surface area (Å²) in [4.78, 5) is 30.3. The molecule has 2 aromatic rings. The van der Waals surface area contributed by atoms with Gasteiger partial charge >= 0.3 is 6.03 Å². The molecule has 0 radical (unpaired) electrons. The van der Waals surface area contributed by atoms with Gasteiger partial charge in [-0.1, -0.05) is 23.2 Å². The van der Waals surface area contributed by atoms with Crippen LogP contribution in [0.2, 0.25) is 10.0 Å². The predicted octanol–water partition coefficient (Wildman–Crippen LogP) is 4.06. The molecule has 3 amide bonds. The van der Waals surface area contributed by atoms with E-state index in [0.717, 1.165) is 12.8 Å². The van der Waals surface area contributed by atoms with Gasteiger partial charge in [-0.15, -0.1) is 0 Å². The molecular weight excluding hydrogens is 387 g/mol. The number of pyridine rings is 1. The number of nitrogens with one attached hydrogen (secondary N) is 2. The van der Waals surface area contributed by atoms with Crippen LogP contribution in [0.4, 0.5) is 10.5 Å². The lowest BCUT2D eigenvalue weighted by Gasteiger charge is -2.32. The summed E-state index contributed by atoms with van der Waals surface area (Å²) in [5.41, 5.74) is 1.19. The van der Waals surface area contributed by atoms with Crippen LogP contribution in [0.1, 0.15) is 23.2 Å². The van der Waals surface area contributed by atoms with E-state index >= 15 is 0 Å². The van der Waals surface area contributed by atoms with Gasteiger partial charge in [0.05, 0.1) is 15.6 Å². The molecule has 0 atom stereocenters. The molecule has 27 heavy (non-hydrogen) atoms. The van der Waals surface area contributed by atoms with E-state index in [0.29, 0.717) is 46.8 Å². The molecule has 1 aliphatic heterocycles.